The highest BCUT2D eigenvalue weighted by atomic mass is 32.2. The van der Waals surface area contributed by atoms with Gasteiger partial charge in [0.2, 0.25) is 10.0 Å². The van der Waals surface area contributed by atoms with Crippen LogP contribution in [0.3, 0.4) is 0 Å². The second-order valence-electron chi connectivity index (χ2n) is 7.87. The van der Waals surface area contributed by atoms with Gasteiger partial charge in [-0.3, -0.25) is 4.55 Å². The summed E-state index contributed by atoms with van der Waals surface area (Å²) in [6.45, 7) is 4.21. The van der Waals surface area contributed by atoms with Gasteiger partial charge in [0.1, 0.15) is 0 Å². The Morgan fingerprint density at radius 1 is 1.09 bits per heavy atom. The summed E-state index contributed by atoms with van der Waals surface area (Å²) >= 11 is 0. The minimum atomic E-state index is -4.05. The molecule has 0 aromatic heterocycles. The molecule has 2 aliphatic carbocycles. The molecule has 1 N–H and O–H groups in total. The molecular weight excluding hydrogens is 338 g/mol. The van der Waals surface area contributed by atoms with Crippen molar-refractivity contribution in [2.45, 2.75) is 57.1 Å². The highest BCUT2D eigenvalue weighted by Crippen LogP contribution is 2.49. The Labute approximate surface area is 140 Å². The fraction of sp³-hybridized carbons (Fsp3) is 1.00. The molecule has 2 atom stereocenters. The zero-order valence-electron chi connectivity index (χ0n) is 14.2. The van der Waals surface area contributed by atoms with Crippen molar-refractivity contribution < 1.29 is 21.4 Å². The number of fused-ring (bicyclic) bond motifs is 2. The second-order valence-corrected chi connectivity index (χ2v) is 12.0. The summed E-state index contributed by atoms with van der Waals surface area (Å²) in [5.74, 6) is 1.22. The van der Waals surface area contributed by atoms with Crippen molar-refractivity contribution in [3.8, 4) is 0 Å². The van der Waals surface area contributed by atoms with Crippen LogP contribution in [0.5, 0.6) is 0 Å². The summed E-state index contributed by atoms with van der Waals surface area (Å²) in [6, 6.07) is 0. The van der Waals surface area contributed by atoms with Crippen molar-refractivity contribution in [3.05, 3.63) is 0 Å². The van der Waals surface area contributed by atoms with E-state index in [-0.39, 0.29) is 13.0 Å². The molecule has 0 radical (unpaired) electrons. The topological polar surface area (TPSA) is 91.8 Å². The number of hydrogen-bond acceptors (Lipinski definition) is 4. The van der Waals surface area contributed by atoms with E-state index in [1.807, 2.05) is 6.92 Å². The smallest absolute Gasteiger partial charge is 0.264 e. The molecule has 2 aliphatic rings. The van der Waals surface area contributed by atoms with Crippen molar-refractivity contribution in [2.75, 3.05) is 19.3 Å². The maximum atomic E-state index is 13.0. The first-order valence-electron chi connectivity index (χ1n) is 8.34. The van der Waals surface area contributed by atoms with Gasteiger partial charge in [0.15, 0.2) is 0 Å². The summed E-state index contributed by atoms with van der Waals surface area (Å²) in [5, 5.41) is 0. The first-order chi connectivity index (χ1) is 10.4. The first kappa shape index (κ1) is 19.1. The Balaban J connectivity index is 2.06. The van der Waals surface area contributed by atoms with Crippen LogP contribution in [0.4, 0.5) is 0 Å². The molecule has 0 aliphatic heterocycles. The Morgan fingerprint density at radius 3 is 2.09 bits per heavy atom. The quantitative estimate of drug-likeness (QED) is 0.726. The van der Waals surface area contributed by atoms with E-state index in [1.165, 1.54) is 11.4 Å². The van der Waals surface area contributed by atoms with Crippen LogP contribution in [0.25, 0.3) is 0 Å². The van der Waals surface area contributed by atoms with E-state index >= 15 is 0 Å². The minimum absolute atomic E-state index is 0.106. The molecule has 2 bridgehead atoms. The van der Waals surface area contributed by atoms with E-state index < -0.39 is 30.6 Å². The number of hydrogen-bond donors (Lipinski definition) is 1. The van der Waals surface area contributed by atoms with Crippen LogP contribution in [-0.4, -0.2) is 49.8 Å². The van der Waals surface area contributed by atoms with Crippen LogP contribution < -0.4 is 0 Å². The van der Waals surface area contributed by atoms with E-state index in [4.69, 9.17) is 4.55 Å². The SMILES string of the molecule is CC1CC2CC(C1)CC(C)(S(=O)(=O)N(C)CCCS(=O)(=O)O)C2. The van der Waals surface area contributed by atoms with Crippen LogP contribution in [0.2, 0.25) is 0 Å². The molecule has 6 nitrogen and oxygen atoms in total. The molecule has 2 unspecified atom stereocenters. The van der Waals surface area contributed by atoms with Gasteiger partial charge < -0.3 is 0 Å². The third-order valence-electron chi connectivity index (χ3n) is 5.49. The Kier molecular flexibility index (Phi) is 5.51. The molecule has 0 aromatic rings. The molecule has 0 amide bonds. The lowest BCUT2D eigenvalue weighted by atomic mass is 9.65. The van der Waals surface area contributed by atoms with Gasteiger partial charge in [0.05, 0.1) is 10.5 Å². The monoisotopic (exact) mass is 367 g/mol. The van der Waals surface area contributed by atoms with Gasteiger partial charge in [0, 0.05) is 13.6 Å². The summed E-state index contributed by atoms with van der Waals surface area (Å²) in [4.78, 5) is 0. The van der Waals surface area contributed by atoms with Gasteiger partial charge in [-0.2, -0.15) is 8.42 Å². The maximum Gasteiger partial charge on any atom is 0.264 e. The standard InChI is InChI=1S/C15H29NO5S2/c1-12-7-13-9-14(8-12)11-15(2,10-13)23(20,21)16(3)5-4-6-22(17,18)19/h12-14H,4-11H2,1-3H3,(H,17,18,19). The van der Waals surface area contributed by atoms with E-state index in [1.54, 1.807) is 0 Å². The van der Waals surface area contributed by atoms with Gasteiger partial charge >= 0.3 is 0 Å². The molecule has 136 valence electrons. The van der Waals surface area contributed by atoms with Crippen LogP contribution in [0.1, 0.15) is 52.4 Å². The van der Waals surface area contributed by atoms with Crippen molar-refractivity contribution in [1.29, 1.82) is 0 Å². The predicted octanol–water partition coefficient (Wildman–Crippen LogP) is 2.13. The molecule has 23 heavy (non-hydrogen) atoms. The Hall–Kier alpha value is -0.180. The van der Waals surface area contributed by atoms with Gasteiger partial charge in [-0.25, -0.2) is 12.7 Å². The average Bonchev–Trinajstić information content (AvgIpc) is 2.34. The summed E-state index contributed by atoms with van der Waals surface area (Å²) in [7, 11) is -6.02. The third-order valence-corrected chi connectivity index (χ3v) is 8.87. The fourth-order valence-corrected chi connectivity index (χ4v) is 7.22. The predicted molar refractivity (Wildman–Crippen MR) is 90.2 cm³/mol. The lowest BCUT2D eigenvalue weighted by Gasteiger charge is -2.47. The summed E-state index contributed by atoms with van der Waals surface area (Å²) in [6.07, 6.45) is 4.84. The third kappa shape index (κ3) is 4.46. The maximum absolute atomic E-state index is 13.0. The van der Waals surface area contributed by atoms with Gasteiger partial charge in [-0.1, -0.05) is 6.92 Å². The van der Waals surface area contributed by atoms with E-state index in [0.717, 1.165) is 19.3 Å². The molecule has 2 rings (SSSR count). The first-order valence-corrected chi connectivity index (χ1v) is 11.4. The van der Waals surface area contributed by atoms with Crippen LogP contribution in [-0.2, 0) is 20.1 Å². The molecule has 0 aromatic carbocycles. The Bertz CT molecular complexity index is 610. The molecule has 0 spiro atoms. The molecular formula is C15H29NO5S2. The lowest BCUT2D eigenvalue weighted by Crippen LogP contribution is -2.51. The van der Waals surface area contributed by atoms with Gasteiger partial charge in [-0.05, 0) is 63.2 Å². The Morgan fingerprint density at radius 2 is 1.61 bits per heavy atom. The zero-order valence-corrected chi connectivity index (χ0v) is 15.9. The van der Waals surface area contributed by atoms with Crippen molar-refractivity contribution in [2.24, 2.45) is 17.8 Å². The second kappa shape index (κ2) is 6.61. The highest BCUT2D eigenvalue weighted by molar-refractivity contribution is 7.90. The van der Waals surface area contributed by atoms with Crippen LogP contribution >= 0.6 is 0 Å². The summed E-state index contributed by atoms with van der Waals surface area (Å²) in [5.41, 5.74) is 0. The molecule has 2 fully saturated rings. The van der Waals surface area contributed by atoms with E-state index in [2.05, 4.69) is 6.92 Å². The van der Waals surface area contributed by atoms with Crippen molar-refractivity contribution in [3.63, 3.8) is 0 Å². The largest absolute Gasteiger partial charge is 0.286 e. The van der Waals surface area contributed by atoms with Gasteiger partial charge in [0.25, 0.3) is 10.1 Å². The van der Waals surface area contributed by atoms with Crippen LogP contribution in [0.15, 0.2) is 0 Å². The van der Waals surface area contributed by atoms with Crippen LogP contribution in [0, 0.1) is 17.8 Å². The minimum Gasteiger partial charge on any atom is -0.286 e. The van der Waals surface area contributed by atoms with E-state index in [9.17, 15) is 16.8 Å². The van der Waals surface area contributed by atoms with Gasteiger partial charge in [-0.15, -0.1) is 0 Å². The fourth-order valence-electron chi connectivity index (χ4n) is 4.71. The molecule has 2 saturated carbocycles. The summed E-state index contributed by atoms with van der Waals surface area (Å²) < 4.78 is 56.8. The van der Waals surface area contributed by atoms with E-state index in [0.29, 0.717) is 30.6 Å². The number of rotatable bonds is 6. The number of nitrogens with zero attached hydrogens (tertiary/aromatic N) is 1. The molecule has 0 saturated heterocycles. The zero-order chi connectivity index (χ0) is 17.5. The molecule has 8 heteroatoms. The van der Waals surface area contributed by atoms with Crippen molar-refractivity contribution >= 4 is 20.1 Å². The average molecular weight is 368 g/mol. The number of sulfonamides is 1. The highest BCUT2D eigenvalue weighted by Gasteiger charge is 2.49. The lowest BCUT2D eigenvalue weighted by molar-refractivity contribution is 0.118. The normalized spacial score (nSPS) is 35.4. The molecule has 0 heterocycles. The van der Waals surface area contributed by atoms with Crippen molar-refractivity contribution in [1.82, 2.24) is 4.31 Å².